The third kappa shape index (κ3) is 3.66. The highest BCUT2D eigenvalue weighted by Crippen LogP contribution is 2.09. The number of hydrogen-bond donors (Lipinski definition) is 1. The van der Waals surface area contributed by atoms with Crippen molar-refractivity contribution in [3.05, 3.63) is 52.2 Å². The quantitative estimate of drug-likeness (QED) is 0.857. The first kappa shape index (κ1) is 15.2. The van der Waals surface area contributed by atoms with Gasteiger partial charge in [0.25, 0.3) is 5.56 Å². The second-order valence-corrected chi connectivity index (χ2v) is 4.94. The molecule has 2 heterocycles. The third-order valence-corrected chi connectivity index (χ3v) is 3.35. The Hall–Kier alpha value is -2.21. The standard InChI is InChI=1S/C15H21N5O/c1-3-7-19(2)13-8-15(21)20(18-10-13)11-12-5-4-6-17-14(12)9-16/h4-6,8,10H,3,7,9,11,16H2,1-2H3. The minimum Gasteiger partial charge on any atom is -0.373 e. The Balaban J connectivity index is 2.24. The number of hydrogen-bond acceptors (Lipinski definition) is 5. The molecule has 0 aliphatic rings. The topological polar surface area (TPSA) is 77.0 Å². The first-order chi connectivity index (χ1) is 10.2. The Morgan fingerprint density at radius 2 is 2.24 bits per heavy atom. The van der Waals surface area contributed by atoms with E-state index in [-0.39, 0.29) is 5.56 Å². The molecule has 0 bridgehead atoms. The van der Waals surface area contributed by atoms with E-state index in [2.05, 4.69) is 17.0 Å². The van der Waals surface area contributed by atoms with Crippen molar-refractivity contribution < 1.29 is 0 Å². The van der Waals surface area contributed by atoms with Crippen LogP contribution in [-0.2, 0) is 13.1 Å². The van der Waals surface area contributed by atoms with E-state index in [9.17, 15) is 4.79 Å². The molecule has 0 atom stereocenters. The number of pyridine rings is 1. The van der Waals surface area contributed by atoms with Crippen molar-refractivity contribution in [2.75, 3.05) is 18.5 Å². The average molecular weight is 287 g/mol. The van der Waals surface area contributed by atoms with Crippen LogP contribution in [0.3, 0.4) is 0 Å². The van der Waals surface area contributed by atoms with Crippen molar-refractivity contribution in [1.29, 1.82) is 0 Å². The summed E-state index contributed by atoms with van der Waals surface area (Å²) < 4.78 is 1.43. The maximum absolute atomic E-state index is 12.2. The first-order valence-corrected chi connectivity index (χ1v) is 7.06. The molecular formula is C15H21N5O. The Bertz CT molecular complexity index is 653. The van der Waals surface area contributed by atoms with Crippen LogP contribution in [0.15, 0.2) is 35.4 Å². The summed E-state index contributed by atoms with van der Waals surface area (Å²) in [4.78, 5) is 18.4. The lowest BCUT2D eigenvalue weighted by atomic mass is 10.2. The van der Waals surface area contributed by atoms with E-state index in [0.717, 1.165) is 29.9 Å². The van der Waals surface area contributed by atoms with Gasteiger partial charge in [0.15, 0.2) is 0 Å². The summed E-state index contributed by atoms with van der Waals surface area (Å²) >= 11 is 0. The van der Waals surface area contributed by atoms with E-state index in [1.807, 2.05) is 24.1 Å². The monoisotopic (exact) mass is 287 g/mol. The Kier molecular flexibility index (Phi) is 5.05. The van der Waals surface area contributed by atoms with Gasteiger partial charge < -0.3 is 10.6 Å². The fourth-order valence-electron chi connectivity index (χ4n) is 2.18. The normalized spacial score (nSPS) is 10.6. The van der Waals surface area contributed by atoms with Gasteiger partial charge in [-0.2, -0.15) is 5.10 Å². The predicted octanol–water partition coefficient (Wildman–Crippen LogP) is 0.992. The molecule has 2 rings (SSSR count). The Morgan fingerprint density at radius 3 is 2.90 bits per heavy atom. The van der Waals surface area contributed by atoms with Gasteiger partial charge in [0.1, 0.15) is 0 Å². The SMILES string of the molecule is CCCN(C)c1cnn(Cc2cccnc2CN)c(=O)c1. The van der Waals surface area contributed by atoms with E-state index in [0.29, 0.717) is 13.1 Å². The van der Waals surface area contributed by atoms with E-state index in [1.165, 1.54) is 4.68 Å². The molecule has 0 aliphatic heterocycles. The van der Waals surface area contributed by atoms with Crippen LogP contribution in [-0.4, -0.2) is 28.4 Å². The van der Waals surface area contributed by atoms with E-state index < -0.39 is 0 Å². The lowest BCUT2D eigenvalue weighted by Crippen LogP contribution is -2.27. The van der Waals surface area contributed by atoms with Crippen molar-refractivity contribution in [3.8, 4) is 0 Å². The molecule has 0 spiro atoms. The second kappa shape index (κ2) is 6.99. The van der Waals surface area contributed by atoms with Crippen molar-refractivity contribution in [2.45, 2.75) is 26.4 Å². The lowest BCUT2D eigenvalue weighted by Gasteiger charge is -2.18. The molecular weight excluding hydrogens is 266 g/mol. The third-order valence-electron chi connectivity index (χ3n) is 3.35. The molecule has 0 aromatic carbocycles. The van der Waals surface area contributed by atoms with Gasteiger partial charge in [-0.15, -0.1) is 0 Å². The molecule has 112 valence electrons. The maximum atomic E-state index is 12.2. The fraction of sp³-hybridized carbons (Fsp3) is 0.400. The average Bonchev–Trinajstić information content (AvgIpc) is 2.50. The number of aromatic nitrogens is 3. The van der Waals surface area contributed by atoms with Crippen molar-refractivity contribution >= 4 is 5.69 Å². The molecule has 21 heavy (non-hydrogen) atoms. The van der Waals surface area contributed by atoms with Gasteiger partial charge in [0, 0.05) is 32.4 Å². The molecule has 2 aromatic rings. The fourth-order valence-corrected chi connectivity index (χ4v) is 2.18. The molecule has 0 unspecified atom stereocenters. The number of rotatable bonds is 6. The van der Waals surface area contributed by atoms with Gasteiger partial charge in [-0.25, -0.2) is 4.68 Å². The van der Waals surface area contributed by atoms with E-state index >= 15 is 0 Å². The molecule has 0 saturated heterocycles. The van der Waals surface area contributed by atoms with Crippen LogP contribution in [0.25, 0.3) is 0 Å². The molecule has 6 heteroatoms. The summed E-state index contributed by atoms with van der Waals surface area (Å²) in [5, 5.41) is 4.25. The summed E-state index contributed by atoms with van der Waals surface area (Å²) in [5.74, 6) is 0. The summed E-state index contributed by atoms with van der Waals surface area (Å²) in [6, 6.07) is 5.37. The van der Waals surface area contributed by atoms with Crippen LogP contribution in [0.2, 0.25) is 0 Å². The zero-order chi connectivity index (χ0) is 15.2. The molecule has 0 saturated carbocycles. The van der Waals surface area contributed by atoms with Crippen LogP contribution in [0.5, 0.6) is 0 Å². The molecule has 0 amide bonds. The van der Waals surface area contributed by atoms with Crippen LogP contribution in [0, 0.1) is 0 Å². The zero-order valence-corrected chi connectivity index (χ0v) is 12.5. The van der Waals surface area contributed by atoms with Gasteiger partial charge >= 0.3 is 0 Å². The minimum atomic E-state index is -0.123. The highest BCUT2D eigenvalue weighted by atomic mass is 16.1. The Labute approximate surface area is 124 Å². The highest BCUT2D eigenvalue weighted by Gasteiger charge is 2.07. The van der Waals surface area contributed by atoms with Gasteiger partial charge in [0.05, 0.1) is 24.1 Å². The molecule has 0 radical (unpaired) electrons. The highest BCUT2D eigenvalue weighted by molar-refractivity contribution is 5.41. The van der Waals surface area contributed by atoms with E-state index in [4.69, 9.17) is 5.73 Å². The minimum absolute atomic E-state index is 0.123. The van der Waals surface area contributed by atoms with E-state index in [1.54, 1.807) is 18.5 Å². The van der Waals surface area contributed by atoms with Gasteiger partial charge in [-0.3, -0.25) is 9.78 Å². The van der Waals surface area contributed by atoms with Crippen molar-refractivity contribution in [1.82, 2.24) is 14.8 Å². The number of nitrogens with zero attached hydrogens (tertiary/aromatic N) is 4. The number of nitrogens with two attached hydrogens (primary N) is 1. The summed E-state index contributed by atoms with van der Waals surface area (Å²) in [7, 11) is 1.96. The summed E-state index contributed by atoms with van der Waals surface area (Å²) in [6.45, 7) is 3.73. The van der Waals surface area contributed by atoms with Crippen LogP contribution in [0.1, 0.15) is 24.6 Å². The molecule has 0 aliphatic carbocycles. The molecule has 6 nitrogen and oxygen atoms in total. The van der Waals surface area contributed by atoms with Gasteiger partial charge in [0.2, 0.25) is 0 Å². The smallest absolute Gasteiger partial charge is 0.269 e. The number of anilines is 1. The zero-order valence-electron chi connectivity index (χ0n) is 12.5. The molecule has 2 aromatic heterocycles. The van der Waals surface area contributed by atoms with Gasteiger partial charge in [-0.1, -0.05) is 13.0 Å². The first-order valence-electron chi connectivity index (χ1n) is 7.06. The van der Waals surface area contributed by atoms with Crippen LogP contribution in [0.4, 0.5) is 5.69 Å². The second-order valence-electron chi connectivity index (χ2n) is 4.94. The summed E-state index contributed by atoms with van der Waals surface area (Å²) in [6.07, 6.45) is 4.44. The van der Waals surface area contributed by atoms with Crippen molar-refractivity contribution in [2.24, 2.45) is 5.73 Å². The largest absolute Gasteiger partial charge is 0.373 e. The van der Waals surface area contributed by atoms with Crippen LogP contribution < -0.4 is 16.2 Å². The Morgan fingerprint density at radius 1 is 1.43 bits per heavy atom. The lowest BCUT2D eigenvalue weighted by molar-refractivity contribution is 0.630. The summed E-state index contributed by atoms with van der Waals surface area (Å²) in [5.41, 5.74) is 8.09. The van der Waals surface area contributed by atoms with Crippen molar-refractivity contribution in [3.63, 3.8) is 0 Å². The predicted molar refractivity (Wildman–Crippen MR) is 83.3 cm³/mol. The van der Waals surface area contributed by atoms with Gasteiger partial charge in [-0.05, 0) is 18.1 Å². The maximum Gasteiger partial charge on any atom is 0.269 e. The molecule has 2 N–H and O–H groups in total. The molecule has 0 fully saturated rings. The van der Waals surface area contributed by atoms with Crippen LogP contribution >= 0.6 is 0 Å².